The molecular weight excluding hydrogens is 190 g/mol. The Morgan fingerprint density at radius 3 is 3.07 bits per heavy atom. The van der Waals surface area contributed by atoms with Gasteiger partial charge in [0.1, 0.15) is 6.54 Å². The summed E-state index contributed by atoms with van der Waals surface area (Å²) < 4.78 is 0. The van der Waals surface area contributed by atoms with E-state index in [-0.39, 0.29) is 12.0 Å². The van der Waals surface area contributed by atoms with E-state index in [1.807, 2.05) is 12.1 Å². The minimum absolute atomic E-state index is 0.0915. The molecule has 0 spiro atoms. The van der Waals surface area contributed by atoms with Crippen molar-refractivity contribution in [2.75, 3.05) is 11.9 Å². The highest BCUT2D eigenvalue weighted by atomic mass is 16.3. The maximum atomic E-state index is 10.2. The molecule has 1 atom stereocenters. The molecule has 1 N–H and O–H groups in total. The van der Waals surface area contributed by atoms with Gasteiger partial charge < -0.3 is 5.32 Å². The summed E-state index contributed by atoms with van der Waals surface area (Å²) in [5.74, 6) is 0. The zero-order chi connectivity index (χ0) is 10.9. The number of hydrogen-bond donors (Lipinski definition) is 1. The number of nitroso groups, excluding NO2 is 1. The molecule has 4 heteroatoms. The number of aromatic nitrogens is 1. The lowest BCUT2D eigenvalue weighted by Gasteiger charge is -2.20. The lowest BCUT2D eigenvalue weighted by Crippen LogP contribution is -2.24. The van der Waals surface area contributed by atoms with Crippen LogP contribution in [0.1, 0.15) is 31.7 Å². The number of nitrogens with zero attached hydrogens (tertiary/aromatic N) is 2. The Morgan fingerprint density at radius 1 is 1.60 bits per heavy atom. The van der Waals surface area contributed by atoms with Crippen molar-refractivity contribution in [2.24, 2.45) is 5.18 Å². The van der Waals surface area contributed by atoms with Gasteiger partial charge in [-0.05, 0) is 18.6 Å². The number of hydrogen-bond acceptors (Lipinski definition) is 4. The monoisotopic (exact) mass is 205 g/mol. The number of nitrogens with one attached hydrogen (secondary N) is 1. The number of anilines is 1. The van der Waals surface area contributed by atoms with Crippen molar-refractivity contribution in [3.05, 3.63) is 28.4 Å². The van der Waals surface area contributed by atoms with Crippen molar-refractivity contribution in [1.29, 1.82) is 0 Å². The summed E-state index contributed by atoms with van der Waals surface area (Å²) >= 11 is 0. The van der Waals surface area contributed by atoms with Crippen LogP contribution < -0.4 is 5.32 Å². The van der Waals surface area contributed by atoms with Crippen LogP contribution in [0.2, 0.25) is 0 Å². The van der Waals surface area contributed by atoms with Crippen molar-refractivity contribution >= 4 is 5.69 Å². The molecular formula is C11H15N3O. The summed E-state index contributed by atoms with van der Waals surface area (Å²) in [4.78, 5) is 14.7. The lowest BCUT2D eigenvalue weighted by molar-refractivity contribution is 0.489. The Labute approximate surface area is 89.1 Å². The van der Waals surface area contributed by atoms with E-state index in [4.69, 9.17) is 0 Å². The molecule has 2 rings (SSSR count). The van der Waals surface area contributed by atoms with Gasteiger partial charge in [-0.3, -0.25) is 4.98 Å². The van der Waals surface area contributed by atoms with E-state index in [1.54, 1.807) is 0 Å². The molecule has 0 radical (unpaired) electrons. The molecule has 0 fully saturated rings. The third-order valence-corrected chi connectivity index (χ3v) is 3.20. The van der Waals surface area contributed by atoms with Crippen LogP contribution in [0.15, 0.2) is 17.3 Å². The second-order valence-electron chi connectivity index (χ2n) is 4.25. The molecule has 80 valence electrons. The predicted molar refractivity (Wildman–Crippen MR) is 59.9 cm³/mol. The quantitative estimate of drug-likeness (QED) is 0.771. The highest BCUT2D eigenvalue weighted by Gasteiger charge is 2.34. The first-order valence-corrected chi connectivity index (χ1v) is 5.23. The summed E-state index contributed by atoms with van der Waals surface area (Å²) in [6.07, 6.45) is 1.04. The van der Waals surface area contributed by atoms with Crippen molar-refractivity contribution < 1.29 is 0 Å². The highest BCUT2D eigenvalue weighted by Crippen LogP contribution is 2.37. The fourth-order valence-electron chi connectivity index (χ4n) is 1.92. The molecule has 1 aromatic rings. The minimum atomic E-state index is 0.0915. The van der Waals surface area contributed by atoms with Crippen LogP contribution in [-0.2, 0) is 12.0 Å². The number of rotatable bonds is 3. The van der Waals surface area contributed by atoms with Crippen LogP contribution in [0.5, 0.6) is 0 Å². The molecule has 1 unspecified atom stereocenters. The van der Waals surface area contributed by atoms with Gasteiger partial charge in [-0.25, -0.2) is 0 Å². The Kier molecular flexibility index (Phi) is 2.42. The van der Waals surface area contributed by atoms with E-state index in [0.29, 0.717) is 0 Å². The third-order valence-electron chi connectivity index (χ3n) is 3.20. The maximum absolute atomic E-state index is 10.2. The van der Waals surface area contributed by atoms with Crippen molar-refractivity contribution in [1.82, 2.24) is 4.98 Å². The maximum Gasteiger partial charge on any atom is 0.123 e. The molecule has 1 aromatic heterocycles. The van der Waals surface area contributed by atoms with Gasteiger partial charge in [-0.1, -0.05) is 19.0 Å². The molecule has 0 saturated heterocycles. The van der Waals surface area contributed by atoms with Gasteiger partial charge in [0.05, 0.1) is 17.1 Å². The zero-order valence-electron chi connectivity index (χ0n) is 9.08. The summed E-state index contributed by atoms with van der Waals surface area (Å²) in [5.41, 5.74) is 3.01. The lowest BCUT2D eigenvalue weighted by atomic mass is 9.85. The van der Waals surface area contributed by atoms with E-state index in [2.05, 4.69) is 29.3 Å². The van der Waals surface area contributed by atoms with E-state index in [0.717, 1.165) is 30.0 Å². The van der Waals surface area contributed by atoms with Gasteiger partial charge in [0, 0.05) is 12.0 Å². The second-order valence-corrected chi connectivity index (χ2v) is 4.25. The third kappa shape index (κ3) is 1.60. The standard InChI is InChI=1S/C11H15N3O/c1-3-11(2)7-12-9-5-4-8(6-13-15)14-10(9)11/h4-5,12H,3,6-7H2,1-2H3. The highest BCUT2D eigenvalue weighted by molar-refractivity contribution is 5.57. The number of pyridine rings is 1. The Bertz CT molecular complexity index is 391. The van der Waals surface area contributed by atoms with E-state index in [1.165, 1.54) is 0 Å². The molecule has 4 nitrogen and oxygen atoms in total. The first-order chi connectivity index (χ1) is 7.19. The van der Waals surface area contributed by atoms with Crippen molar-refractivity contribution in [3.8, 4) is 0 Å². The van der Waals surface area contributed by atoms with Gasteiger partial charge in [0.25, 0.3) is 0 Å². The van der Waals surface area contributed by atoms with Gasteiger partial charge in [0.2, 0.25) is 0 Å². The van der Waals surface area contributed by atoms with Crippen LogP contribution >= 0.6 is 0 Å². The predicted octanol–water partition coefficient (Wildman–Crippen LogP) is 2.44. The van der Waals surface area contributed by atoms with Crippen LogP contribution in [0.25, 0.3) is 0 Å². The number of fused-ring (bicyclic) bond motifs is 1. The van der Waals surface area contributed by atoms with Gasteiger partial charge in [-0.2, -0.15) is 4.91 Å². The SMILES string of the molecule is CCC1(C)CNc2ccc(CN=O)nc21. The first kappa shape index (κ1) is 10.1. The van der Waals surface area contributed by atoms with Gasteiger partial charge >= 0.3 is 0 Å². The molecule has 0 saturated carbocycles. The minimum Gasteiger partial charge on any atom is -0.383 e. The van der Waals surface area contributed by atoms with Crippen LogP contribution in [-0.4, -0.2) is 11.5 Å². The molecule has 0 aromatic carbocycles. The largest absolute Gasteiger partial charge is 0.383 e. The Morgan fingerprint density at radius 2 is 2.40 bits per heavy atom. The van der Waals surface area contributed by atoms with Gasteiger partial charge in [-0.15, -0.1) is 0 Å². The van der Waals surface area contributed by atoms with Crippen LogP contribution in [0, 0.1) is 4.91 Å². The second kappa shape index (κ2) is 3.61. The van der Waals surface area contributed by atoms with E-state index in [9.17, 15) is 4.91 Å². The van der Waals surface area contributed by atoms with E-state index < -0.39 is 0 Å². The van der Waals surface area contributed by atoms with Gasteiger partial charge in [0.15, 0.2) is 0 Å². The Hall–Kier alpha value is -1.45. The van der Waals surface area contributed by atoms with E-state index >= 15 is 0 Å². The average Bonchev–Trinajstić information content (AvgIpc) is 2.58. The van der Waals surface area contributed by atoms with Crippen molar-refractivity contribution in [3.63, 3.8) is 0 Å². The fraction of sp³-hybridized carbons (Fsp3) is 0.545. The normalized spacial score (nSPS) is 23.3. The fourth-order valence-corrected chi connectivity index (χ4v) is 1.92. The smallest absolute Gasteiger partial charge is 0.123 e. The first-order valence-electron chi connectivity index (χ1n) is 5.23. The van der Waals surface area contributed by atoms with Crippen LogP contribution in [0.3, 0.4) is 0 Å². The molecule has 1 aliphatic heterocycles. The summed E-state index contributed by atoms with van der Waals surface area (Å²) in [5, 5.41) is 6.21. The topological polar surface area (TPSA) is 54.4 Å². The average molecular weight is 205 g/mol. The molecule has 2 heterocycles. The Balaban J connectivity index is 2.41. The molecule has 15 heavy (non-hydrogen) atoms. The van der Waals surface area contributed by atoms with Crippen molar-refractivity contribution in [2.45, 2.75) is 32.2 Å². The molecule has 0 amide bonds. The van der Waals surface area contributed by atoms with Crippen LogP contribution in [0.4, 0.5) is 5.69 Å². The molecule has 0 bridgehead atoms. The molecule has 0 aliphatic carbocycles. The summed E-state index contributed by atoms with van der Waals surface area (Å²) in [7, 11) is 0. The molecule has 1 aliphatic rings. The summed E-state index contributed by atoms with van der Waals surface area (Å²) in [6, 6.07) is 3.85. The summed E-state index contributed by atoms with van der Waals surface area (Å²) in [6.45, 7) is 5.43. The zero-order valence-corrected chi connectivity index (χ0v) is 9.08.